The minimum Gasteiger partial charge on any atom is -0.573 e. The molecule has 0 aliphatic rings. The van der Waals surface area contributed by atoms with E-state index in [9.17, 15) is 105 Å². The predicted octanol–water partition coefficient (Wildman–Crippen LogP) is 24.0. The summed E-state index contributed by atoms with van der Waals surface area (Å²) >= 11 is 0. The van der Waals surface area contributed by atoms with Crippen molar-refractivity contribution in [3.05, 3.63) is 375 Å². The molecular weight excluding hydrogens is 2480 g/mol. The number of halogens is 24. The van der Waals surface area contributed by atoms with Crippen molar-refractivity contribution < 1.29 is 166 Å². The van der Waals surface area contributed by atoms with Crippen LogP contribution in [0.4, 0.5) is 105 Å². The third-order valence-electron chi connectivity index (χ3n) is 18.1. The van der Waals surface area contributed by atoms with Gasteiger partial charge in [0.2, 0.25) is 0 Å². The van der Waals surface area contributed by atoms with E-state index in [2.05, 4.69) is 124 Å². The van der Waals surface area contributed by atoms with Crippen LogP contribution in [0.3, 0.4) is 0 Å². The fraction of sp³-hybridized carbons (Fsp3) is 0.156. The monoisotopic (exact) mass is 2550 g/mol. The van der Waals surface area contributed by atoms with Crippen LogP contribution in [-0.4, -0.2) is 75.4 Å². The quantitative estimate of drug-likeness (QED) is 0.0958. The predicted molar refractivity (Wildman–Crippen MR) is 463 cm³/mol. The molecule has 18 aromatic rings. The van der Waals surface area contributed by atoms with Gasteiger partial charge in [0, 0.05) is 125 Å². The molecule has 0 saturated carbocycles. The third-order valence-corrected chi connectivity index (χ3v) is 18.1. The van der Waals surface area contributed by atoms with E-state index < -0.39 is 106 Å². The third kappa shape index (κ3) is 35.3. The molecule has 48 heteroatoms. The van der Waals surface area contributed by atoms with E-state index in [0.717, 1.165) is 123 Å². The van der Waals surface area contributed by atoms with Crippen molar-refractivity contribution in [1.29, 1.82) is 0 Å². The van der Waals surface area contributed by atoms with Crippen LogP contribution >= 0.6 is 0 Å². The summed E-state index contributed by atoms with van der Waals surface area (Å²) in [5.41, 5.74) is 7.51. The largest absolute Gasteiger partial charge is 3.00 e. The first kappa shape index (κ1) is 117. The van der Waals surface area contributed by atoms with Gasteiger partial charge < -0.3 is 76.1 Å². The summed E-state index contributed by atoms with van der Waals surface area (Å²) in [7, 11) is 0. The number of aryl methyl sites for hydroxylation is 9. The maximum atomic E-state index is 13.4. The van der Waals surface area contributed by atoms with Crippen molar-refractivity contribution in [1.82, 2.24) is 106 Å². The molecule has 18 rings (SSSR count). The number of nitrogens with zero attached hydrogens (tertiary/aromatic N) is 21. The average Bonchev–Trinajstić information content (AvgIpc) is 1.69. The zero-order valence-corrected chi connectivity index (χ0v) is 82.2. The Kier molecular flexibility index (Phi) is 41.6. The maximum Gasteiger partial charge on any atom is 3.00 e. The van der Waals surface area contributed by atoms with E-state index in [0.29, 0.717) is 51.2 Å². The summed E-state index contributed by atoms with van der Waals surface area (Å²) in [6.07, 6.45) is -12.9. The van der Waals surface area contributed by atoms with Gasteiger partial charge in [0.15, 0.2) is 0 Å². The van der Waals surface area contributed by atoms with Gasteiger partial charge in [-0.05, 0) is 240 Å². The average molecular weight is 2550 g/mol. The molecule has 15 heterocycles. The van der Waals surface area contributed by atoms with Gasteiger partial charge in [-0.3, -0.25) is 56.2 Å². The van der Waals surface area contributed by atoms with Gasteiger partial charge in [-0.25, -0.2) is 0 Å². The smallest absolute Gasteiger partial charge is 0.573 e. The Morgan fingerprint density at radius 2 is 0.326 bits per heavy atom. The van der Waals surface area contributed by atoms with Crippen LogP contribution in [0.2, 0.25) is 0 Å². The van der Waals surface area contributed by atoms with Gasteiger partial charge >= 0.3 is 97.4 Å². The molecule has 0 spiro atoms. The Balaban J connectivity index is 0.000000219. The van der Waals surface area contributed by atoms with Crippen molar-refractivity contribution in [3.8, 4) is 102 Å². The molecule has 0 saturated heterocycles. The van der Waals surface area contributed by atoms with E-state index in [1.165, 1.54) is 37.2 Å². The van der Waals surface area contributed by atoms with Crippen LogP contribution in [0.25, 0.3) is 102 Å². The zero-order valence-electron chi connectivity index (χ0n) is 75.0. The van der Waals surface area contributed by atoms with E-state index in [4.69, 9.17) is 0 Å². The van der Waals surface area contributed by atoms with Crippen LogP contribution in [0.5, 0.6) is 0 Å². The molecule has 0 bridgehead atoms. The van der Waals surface area contributed by atoms with Crippen molar-refractivity contribution in [2.45, 2.75) is 99.4 Å². The number of rotatable bonds is 9. The Bertz CT molecular complexity index is 6240. The van der Waals surface area contributed by atoms with Crippen LogP contribution < -0.4 is 30.6 Å². The molecular formula is C96H66F24Ir3N21. The molecule has 0 aliphatic carbocycles. The first-order valence-corrected chi connectivity index (χ1v) is 40.2. The molecule has 3 aromatic carbocycles. The van der Waals surface area contributed by atoms with E-state index in [1.807, 2.05) is 80.5 Å². The summed E-state index contributed by atoms with van der Waals surface area (Å²) in [5.74, 6) is -3.84. The molecule has 0 fully saturated rings. The second kappa shape index (κ2) is 51.5. The van der Waals surface area contributed by atoms with Gasteiger partial charge in [0.25, 0.3) is 0 Å². The van der Waals surface area contributed by atoms with Crippen LogP contribution in [0, 0.1) is 115 Å². The standard InChI is InChI=1S/3C12H8F2N.6C10H7F3N3.3Ir/c3*1-8-4-5-15-12(6-8)10-3-2-9(13)7-11(10)14;6*1-6-2-3-14-7(4-6)8-5-9(16-15-8)10(11,12)13;;;/h3*2,4-7H,1H3;6*2-5H,1H3;;;/q9*-1;3*+3. The SMILES string of the molecule is Cc1ccnc(-c2[c-]cc(F)cc2F)c1.Cc1ccnc(-c2[c-]cc(F)cc2F)c1.Cc1ccnc(-c2[c-]cc(F)cc2F)c1.Cc1ccnc(-c2cc(C(F)(F)F)n[n-]2)c1.Cc1ccnc(-c2cc(C(F)(F)F)n[n-]2)c1.Cc1ccnc(-c2cc(C(F)(F)F)n[n-]2)c1.Cc1ccnc(-c2cc(C(F)(F)F)n[n-]2)c1.Cc1ccnc(-c2cc(C(F)(F)F)n[n-]2)c1.Cc1ccnc(-c2cc(C(F)(F)F)n[n-]2)c1.[Ir+3].[Ir+3].[Ir+3]. The van der Waals surface area contributed by atoms with Crippen molar-refractivity contribution in [3.63, 3.8) is 0 Å². The first-order valence-electron chi connectivity index (χ1n) is 40.2. The summed E-state index contributed by atoms with van der Waals surface area (Å²) in [5, 5.41) is 39.2. The first-order chi connectivity index (χ1) is 66.3. The minimum atomic E-state index is -4.46. The Morgan fingerprint density at radius 3 is 0.444 bits per heavy atom. The second-order valence-corrected chi connectivity index (χ2v) is 29.8. The summed E-state index contributed by atoms with van der Waals surface area (Å²) in [6, 6.07) is 49.8. The van der Waals surface area contributed by atoms with Crippen molar-refractivity contribution in [2.24, 2.45) is 0 Å². The van der Waals surface area contributed by atoms with Crippen LogP contribution in [0.1, 0.15) is 84.2 Å². The van der Waals surface area contributed by atoms with Gasteiger partial charge in [-0.15, -0.1) is 36.4 Å². The number of alkyl halides is 18. The molecule has 21 nitrogen and oxygen atoms in total. The van der Waals surface area contributed by atoms with Crippen molar-refractivity contribution in [2.75, 3.05) is 0 Å². The van der Waals surface area contributed by atoms with Crippen LogP contribution in [0.15, 0.2) is 238 Å². The number of pyridine rings is 9. The van der Waals surface area contributed by atoms with Crippen molar-refractivity contribution >= 4 is 0 Å². The number of aromatic nitrogens is 21. The molecule has 15 aromatic heterocycles. The molecule has 0 unspecified atom stereocenters. The zero-order chi connectivity index (χ0) is 103. The van der Waals surface area contributed by atoms with E-state index in [-0.39, 0.29) is 111 Å². The summed E-state index contributed by atoms with van der Waals surface area (Å²) in [6.45, 7) is 16.6. The van der Waals surface area contributed by atoms with E-state index in [1.54, 1.807) is 110 Å². The summed E-state index contributed by atoms with van der Waals surface area (Å²) in [4.78, 5) is 35.6. The topological polar surface area (TPSA) is 278 Å². The fourth-order valence-corrected chi connectivity index (χ4v) is 11.4. The molecule has 144 heavy (non-hydrogen) atoms. The molecule has 0 N–H and O–H groups in total. The van der Waals surface area contributed by atoms with E-state index >= 15 is 0 Å². The minimum absolute atomic E-state index is 0. The Morgan fingerprint density at radius 1 is 0.194 bits per heavy atom. The normalized spacial score (nSPS) is 11.1. The fourth-order valence-electron chi connectivity index (χ4n) is 11.4. The Hall–Kier alpha value is -14.5. The molecule has 0 radical (unpaired) electrons. The summed E-state index contributed by atoms with van der Waals surface area (Å²) < 4.78 is 299. The Labute approximate surface area is 843 Å². The molecule has 0 amide bonds. The number of benzene rings is 3. The number of hydrogen-bond acceptors (Lipinski definition) is 15. The van der Waals surface area contributed by atoms with Gasteiger partial charge in [-0.2, -0.15) is 79.0 Å². The number of hydrogen-bond donors (Lipinski definition) is 0. The maximum absolute atomic E-state index is 13.4. The van der Waals surface area contributed by atoms with Crippen LogP contribution in [-0.2, 0) is 97.4 Å². The van der Waals surface area contributed by atoms with Gasteiger partial charge in [0.1, 0.15) is 34.2 Å². The van der Waals surface area contributed by atoms with Gasteiger partial charge in [-0.1, -0.05) is 104 Å². The molecule has 0 atom stereocenters. The second-order valence-electron chi connectivity index (χ2n) is 29.8. The molecule has 750 valence electrons. The van der Waals surface area contributed by atoms with Gasteiger partial charge in [0.05, 0.1) is 0 Å². The molecule has 0 aliphatic heterocycles.